The molecule has 0 radical (unpaired) electrons. The van der Waals surface area contributed by atoms with Gasteiger partial charge in [0.05, 0.1) is 18.3 Å². The van der Waals surface area contributed by atoms with Gasteiger partial charge in [-0.25, -0.2) is 0 Å². The van der Waals surface area contributed by atoms with Crippen molar-refractivity contribution in [2.45, 2.75) is 25.4 Å². The zero-order valence-corrected chi connectivity index (χ0v) is 12.9. The molecule has 0 saturated heterocycles. The minimum atomic E-state index is 0.0108. The van der Waals surface area contributed by atoms with Gasteiger partial charge in [0.25, 0.3) is 5.56 Å². The highest BCUT2D eigenvalue weighted by Crippen LogP contribution is 2.44. The molecule has 1 unspecified atom stereocenters. The first-order valence-corrected chi connectivity index (χ1v) is 8.15. The highest BCUT2D eigenvalue weighted by molar-refractivity contribution is 7.10. The van der Waals surface area contributed by atoms with Crippen LogP contribution in [0.4, 0.5) is 5.69 Å². The Balaban J connectivity index is 1.78. The Morgan fingerprint density at radius 3 is 2.95 bits per heavy atom. The average molecular weight is 304 g/mol. The molecule has 1 aliphatic rings. The second-order valence-electron chi connectivity index (χ2n) is 5.42. The lowest BCUT2D eigenvalue weighted by atomic mass is 10.1. The van der Waals surface area contributed by atoms with E-state index in [9.17, 15) is 4.79 Å². The lowest BCUT2D eigenvalue weighted by molar-refractivity contribution is 0.186. The molecular weight excluding hydrogens is 284 g/mol. The highest BCUT2D eigenvalue weighted by atomic mass is 32.1. The topological polar surface area (TPSA) is 43.3 Å². The number of thiophene rings is 1. The third-order valence-electron chi connectivity index (χ3n) is 3.79. The van der Waals surface area contributed by atoms with Crippen molar-refractivity contribution in [1.29, 1.82) is 0 Å². The van der Waals surface area contributed by atoms with Crippen LogP contribution in [0.5, 0.6) is 0 Å². The van der Waals surface area contributed by atoms with Gasteiger partial charge in [-0.1, -0.05) is 6.07 Å². The van der Waals surface area contributed by atoms with E-state index in [-0.39, 0.29) is 5.56 Å². The van der Waals surface area contributed by atoms with Gasteiger partial charge in [0.2, 0.25) is 0 Å². The summed E-state index contributed by atoms with van der Waals surface area (Å²) >= 11 is 1.79. The van der Waals surface area contributed by atoms with Crippen LogP contribution in [-0.4, -0.2) is 18.3 Å². The van der Waals surface area contributed by atoms with Gasteiger partial charge in [-0.05, 0) is 36.3 Å². The van der Waals surface area contributed by atoms with Gasteiger partial charge in [0.1, 0.15) is 0 Å². The van der Waals surface area contributed by atoms with Crippen molar-refractivity contribution in [1.82, 2.24) is 4.57 Å². The molecular formula is C16H20N2O2S. The van der Waals surface area contributed by atoms with E-state index < -0.39 is 0 Å². The number of hydrogen-bond donors (Lipinski definition) is 1. The molecule has 0 bridgehead atoms. The van der Waals surface area contributed by atoms with E-state index in [2.05, 4.69) is 22.8 Å². The van der Waals surface area contributed by atoms with E-state index >= 15 is 0 Å². The minimum absolute atomic E-state index is 0.0108. The highest BCUT2D eigenvalue weighted by Gasteiger charge is 2.32. The average Bonchev–Trinajstić information content (AvgIpc) is 3.19. The summed E-state index contributed by atoms with van der Waals surface area (Å²) in [5, 5.41) is 5.71. The van der Waals surface area contributed by atoms with Gasteiger partial charge in [-0.15, -0.1) is 11.3 Å². The predicted octanol–water partition coefficient (Wildman–Crippen LogP) is 3.12. The first-order chi connectivity index (χ1) is 10.3. The molecule has 5 heteroatoms. The fourth-order valence-corrected chi connectivity index (χ4v) is 3.35. The number of pyridine rings is 1. The van der Waals surface area contributed by atoms with E-state index in [0.29, 0.717) is 25.1 Å². The van der Waals surface area contributed by atoms with E-state index in [4.69, 9.17) is 4.74 Å². The number of methoxy groups -OCH3 is 1. The predicted molar refractivity (Wildman–Crippen MR) is 86.0 cm³/mol. The molecule has 2 aromatic heterocycles. The van der Waals surface area contributed by atoms with Crippen LogP contribution in [0.2, 0.25) is 0 Å². The molecule has 1 saturated carbocycles. The van der Waals surface area contributed by atoms with Crippen molar-refractivity contribution in [3.05, 3.63) is 51.1 Å². The number of ether oxygens (including phenoxy) is 1. The smallest absolute Gasteiger partial charge is 0.250 e. The number of aromatic nitrogens is 1. The summed E-state index contributed by atoms with van der Waals surface area (Å²) in [7, 11) is 1.65. The third kappa shape index (κ3) is 3.54. The Morgan fingerprint density at radius 2 is 2.29 bits per heavy atom. The van der Waals surface area contributed by atoms with E-state index in [1.54, 1.807) is 29.1 Å². The molecule has 1 atom stereocenters. The van der Waals surface area contributed by atoms with Gasteiger partial charge >= 0.3 is 0 Å². The second-order valence-corrected chi connectivity index (χ2v) is 6.40. The van der Waals surface area contributed by atoms with E-state index in [0.717, 1.165) is 5.69 Å². The van der Waals surface area contributed by atoms with Crippen molar-refractivity contribution in [2.24, 2.45) is 5.92 Å². The largest absolute Gasteiger partial charge is 0.383 e. The second kappa shape index (κ2) is 6.45. The summed E-state index contributed by atoms with van der Waals surface area (Å²) in [6, 6.07) is 8.13. The zero-order valence-electron chi connectivity index (χ0n) is 12.1. The Morgan fingerprint density at radius 1 is 1.43 bits per heavy atom. The molecule has 1 N–H and O–H groups in total. The van der Waals surface area contributed by atoms with Crippen molar-refractivity contribution >= 4 is 17.0 Å². The lowest BCUT2D eigenvalue weighted by Gasteiger charge is -2.19. The maximum Gasteiger partial charge on any atom is 0.250 e. The summed E-state index contributed by atoms with van der Waals surface area (Å²) < 4.78 is 6.75. The lowest BCUT2D eigenvalue weighted by Crippen LogP contribution is -2.22. The van der Waals surface area contributed by atoms with Crippen molar-refractivity contribution < 1.29 is 4.74 Å². The maximum absolute atomic E-state index is 11.8. The van der Waals surface area contributed by atoms with Crippen LogP contribution in [-0.2, 0) is 11.3 Å². The Bertz CT molecular complexity index is 632. The SMILES string of the molecule is COCCn1cc(NC(c2cccs2)C2CC2)ccc1=O. The number of nitrogens with zero attached hydrogens (tertiary/aromatic N) is 1. The van der Waals surface area contributed by atoms with E-state index in [1.807, 2.05) is 12.3 Å². The maximum atomic E-state index is 11.8. The van der Waals surface area contributed by atoms with Crippen molar-refractivity contribution in [3.63, 3.8) is 0 Å². The Kier molecular flexibility index (Phi) is 4.41. The number of anilines is 1. The first kappa shape index (κ1) is 14.4. The Labute approximate surface area is 128 Å². The molecule has 0 aromatic carbocycles. The number of hydrogen-bond acceptors (Lipinski definition) is 4. The van der Waals surface area contributed by atoms with Crippen LogP contribution in [0.25, 0.3) is 0 Å². The van der Waals surface area contributed by atoms with Crippen LogP contribution in [0, 0.1) is 5.92 Å². The van der Waals surface area contributed by atoms with Crippen LogP contribution < -0.4 is 10.9 Å². The molecule has 2 aromatic rings. The molecule has 4 nitrogen and oxygen atoms in total. The summed E-state index contributed by atoms with van der Waals surface area (Å²) in [6.07, 6.45) is 4.45. The van der Waals surface area contributed by atoms with Crippen molar-refractivity contribution in [2.75, 3.05) is 19.0 Å². The summed E-state index contributed by atoms with van der Waals surface area (Å²) in [4.78, 5) is 13.2. The summed E-state index contributed by atoms with van der Waals surface area (Å²) in [6.45, 7) is 1.12. The molecule has 1 aliphatic carbocycles. The Hall–Kier alpha value is -1.59. The normalized spacial score (nSPS) is 15.9. The minimum Gasteiger partial charge on any atom is -0.383 e. The summed E-state index contributed by atoms with van der Waals surface area (Å²) in [5.41, 5.74) is 1.01. The van der Waals surface area contributed by atoms with Crippen LogP contribution in [0.15, 0.2) is 40.6 Å². The monoisotopic (exact) mass is 304 g/mol. The number of nitrogens with one attached hydrogen (secondary N) is 1. The fourth-order valence-electron chi connectivity index (χ4n) is 2.48. The quantitative estimate of drug-likeness (QED) is 0.854. The van der Waals surface area contributed by atoms with Crippen LogP contribution >= 0.6 is 11.3 Å². The fraction of sp³-hybridized carbons (Fsp3) is 0.438. The van der Waals surface area contributed by atoms with Crippen LogP contribution in [0.3, 0.4) is 0 Å². The molecule has 2 heterocycles. The van der Waals surface area contributed by atoms with Gasteiger partial charge in [-0.2, -0.15) is 0 Å². The van der Waals surface area contributed by atoms with Gasteiger partial charge in [0, 0.05) is 30.8 Å². The number of rotatable bonds is 7. The third-order valence-corrected chi connectivity index (χ3v) is 4.74. The molecule has 0 spiro atoms. The van der Waals surface area contributed by atoms with Gasteiger partial charge in [0.15, 0.2) is 0 Å². The molecule has 21 heavy (non-hydrogen) atoms. The molecule has 0 amide bonds. The van der Waals surface area contributed by atoms with E-state index in [1.165, 1.54) is 17.7 Å². The van der Waals surface area contributed by atoms with Crippen LogP contribution in [0.1, 0.15) is 23.8 Å². The van der Waals surface area contributed by atoms with Gasteiger partial charge < -0.3 is 14.6 Å². The zero-order chi connectivity index (χ0) is 14.7. The standard InChI is InChI=1S/C16H20N2O2S/c1-20-9-8-18-11-13(6-7-15(18)19)17-16(12-4-5-12)14-3-2-10-21-14/h2-3,6-7,10-12,16-17H,4-5,8-9H2,1H3. The van der Waals surface area contributed by atoms with Crippen molar-refractivity contribution in [3.8, 4) is 0 Å². The molecule has 112 valence electrons. The molecule has 3 rings (SSSR count). The molecule has 0 aliphatic heterocycles. The summed E-state index contributed by atoms with van der Waals surface area (Å²) in [5.74, 6) is 0.711. The molecule has 1 fully saturated rings. The first-order valence-electron chi connectivity index (χ1n) is 7.27. The van der Waals surface area contributed by atoms with Gasteiger partial charge in [-0.3, -0.25) is 4.79 Å².